The van der Waals surface area contributed by atoms with Crippen molar-refractivity contribution in [3.8, 4) is 6.07 Å². The number of aromatic nitrogens is 2. The number of anilines is 1. The number of aryl methyl sites for hydroxylation is 1. The Kier molecular flexibility index (Phi) is 4.94. The number of para-hydroxylation sites is 1. The van der Waals surface area contributed by atoms with Crippen molar-refractivity contribution < 1.29 is 9.72 Å². The van der Waals surface area contributed by atoms with Crippen molar-refractivity contribution in [2.24, 2.45) is 5.92 Å². The molecular weight excluding hydrogens is 310 g/mol. The van der Waals surface area contributed by atoms with Gasteiger partial charge in [-0.1, -0.05) is 19.1 Å². The molecule has 8 heteroatoms. The van der Waals surface area contributed by atoms with Crippen LogP contribution in [-0.2, 0) is 11.3 Å². The third-order valence-electron chi connectivity index (χ3n) is 3.73. The Morgan fingerprint density at radius 1 is 1.46 bits per heavy atom. The molecule has 8 nitrogen and oxygen atoms in total. The Morgan fingerprint density at radius 2 is 2.12 bits per heavy atom. The number of nitriles is 1. The molecule has 1 N–H and O–H groups in total. The van der Waals surface area contributed by atoms with Crippen molar-refractivity contribution in [2.45, 2.75) is 27.3 Å². The summed E-state index contributed by atoms with van der Waals surface area (Å²) < 4.78 is 1.47. The summed E-state index contributed by atoms with van der Waals surface area (Å²) in [6, 6.07) is 8.72. The number of nitrogens with zero attached hydrogens (tertiary/aromatic N) is 4. The molecule has 2 rings (SSSR count). The predicted molar refractivity (Wildman–Crippen MR) is 87.3 cm³/mol. The Labute approximate surface area is 138 Å². The van der Waals surface area contributed by atoms with Crippen LogP contribution in [0.4, 0.5) is 11.4 Å². The summed E-state index contributed by atoms with van der Waals surface area (Å²) in [7, 11) is 0. The highest BCUT2D eigenvalue weighted by molar-refractivity contribution is 5.93. The van der Waals surface area contributed by atoms with Crippen LogP contribution in [0.15, 0.2) is 24.3 Å². The molecule has 0 aliphatic heterocycles. The molecule has 2 aromatic rings. The lowest BCUT2D eigenvalue weighted by Crippen LogP contribution is -2.25. The zero-order valence-corrected chi connectivity index (χ0v) is 13.6. The lowest BCUT2D eigenvalue weighted by Gasteiger charge is -2.13. The summed E-state index contributed by atoms with van der Waals surface area (Å²) >= 11 is 0. The molecule has 24 heavy (non-hydrogen) atoms. The average molecular weight is 327 g/mol. The van der Waals surface area contributed by atoms with Gasteiger partial charge in [-0.25, -0.2) is 0 Å². The molecule has 0 bridgehead atoms. The molecular formula is C16H17N5O3. The Bertz CT molecular complexity index is 835. The van der Waals surface area contributed by atoms with Crippen LogP contribution in [-0.4, -0.2) is 20.6 Å². The minimum Gasteiger partial charge on any atom is -0.325 e. The molecule has 124 valence electrons. The van der Waals surface area contributed by atoms with Crippen LogP contribution >= 0.6 is 0 Å². The minimum atomic E-state index is -0.477. The van der Waals surface area contributed by atoms with Crippen LogP contribution in [0.2, 0.25) is 0 Å². The molecule has 0 spiro atoms. The highest BCUT2D eigenvalue weighted by Gasteiger charge is 2.24. The number of amides is 1. The number of carbonyl (C=O) groups is 1. The first-order valence-corrected chi connectivity index (χ1v) is 7.33. The van der Waals surface area contributed by atoms with E-state index in [1.807, 2.05) is 6.07 Å². The first-order valence-electron chi connectivity index (χ1n) is 7.33. The van der Waals surface area contributed by atoms with Crippen molar-refractivity contribution in [1.29, 1.82) is 5.26 Å². The van der Waals surface area contributed by atoms with Crippen LogP contribution in [0.25, 0.3) is 0 Å². The molecule has 1 aromatic carbocycles. The second-order valence-corrected chi connectivity index (χ2v) is 5.51. The number of hydrogen-bond acceptors (Lipinski definition) is 5. The lowest BCUT2D eigenvalue weighted by molar-refractivity contribution is -0.386. The van der Waals surface area contributed by atoms with Crippen LogP contribution in [0, 0.1) is 41.2 Å². The van der Waals surface area contributed by atoms with Crippen LogP contribution in [0.3, 0.4) is 0 Å². The molecule has 0 aliphatic carbocycles. The topological polar surface area (TPSA) is 114 Å². The number of carbonyl (C=O) groups excluding carboxylic acids is 1. The molecule has 1 atom stereocenters. The van der Waals surface area contributed by atoms with Gasteiger partial charge in [-0.15, -0.1) is 0 Å². The first-order chi connectivity index (χ1) is 11.3. The molecule has 1 amide bonds. The van der Waals surface area contributed by atoms with Gasteiger partial charge < -0.3 is 5.32 Å². The molecule has 1 heterocycles. The van der Waals surface area contributed by atoms with Gasteiger partial charge in [0.05, 0.1) is 28.6 Å². The van der Waals surface area contributed by atoms with Gasteiger partial charge >= 0.3 is 5.69 Å². The fraction of sp³-hybridized carbons (Fsp3) is 0.312. The summed E-state index contributed by atoms with van der Waals surface area (Å²) in [5.41, 5.74) is 1.52. The fourth-order valence-electron chi connectivity index (χ4n) is 2.42. The van der Waals surface area contributed by atoms with Crippen LogP contribution in [0.5, 0.6) is 0 Å². The smallest absolute Gasteiger partial charge is 0.312 e. The molecule has 0 radical (unpaired) electrons. The van der Waals surface area contributed by atoms with E-state index < -0.39 is 10.8 Å². The SMILES string of the molecule is Cc1nn(CC(C)C(=O)Nc2ccccc2C#N)c(C)c1[N+](=O)[O-]. The minimum absolute atomic E-state index is 0.0302. The van der Waals surface area contributed by atoms with Gasteiger partial charge in [0.25, 0.3) is 0 Å². The van der Waals surface area contributed by atoms with Gasteiger partial charge in [0.15, 0.2) is 0 Å². The zero-order chi connectivity index (χ0) is 17.9. The van der Waals surface area contributed by atoms with Crippen molar-refractivity contribution >= 4 is 17.3 Å². The Balaban J connectivity index is 2.14. The number of nitro groups is 1. The maximum atomic E-state index is 12.3. The maximum absolute atomic E-state index is 12.3. The van der Waals surface area contributed by atoms with Gasteiger partial charge in [-0.3, -0.25) is 19.6 Å². The van der Waals surface area contributed by atoms with Gasteiger partial charge in [-0.05, 0) is 26.0 Å². The zero-order valence-electron chi connectivity index (χ0n) is 13.6. The monoisotopic (exact) mass is 327 g/mol. The van der Waals surface area contributed by atoms with E-state index in [0.29, 0.717) is 22.6 Å². The van der Waals surface area contributed by atoms with E-state index in [2.05, 4.69) is 10.4 Å². The quantitative estimate of drug-likeness (QED) is 0.669. The second-order valence-electron chi connectivity index (χ2n) is 5.51. The van der Waals surface area contributed by atoms with Crippen molar-refractivity contribution in [1.82, 2.24) is 9.78 Å². The largest absolute Gasteiger partial charge is 0.325 e. The number of rotatable bonds is 5. The van der Waals surface area contributed by atoms with E-state index in [1.165, 1.54) is 4.68 Å². The molecule has 1 aromatic heterocycles. The summed E-state index contributed by atoms with van der Waals surface area (Å²) in [6.07, 6.45) is 0. The molecule has 0 fully saturated rings. The number of nitrogens with one attached hydrogen (secondary N) is 1. The van der Waals surface area contributed by atoms with E-state index >= 15 is 0 Å². The van der Waals surface area contributed by atoms with E-state index in [1.54, 1.807) is 45.0 Å². The number of hydrogen-bond donors (Lipinski definition) is 1. The maximum Gasteiger partial charge on any atom is 0.312 e. The van der Waals surface area contributed by atoms with Gasteiger partial charge in [0.1, 0.15) is 17.5 Å². The van der Waals surface area contributed by atoms with E-state index in [0.717, 1.165) is 0 Å². The highest BCUT2D eigenvalue weighted by atomic mass is 16.6. The number of benzene rings is 1. The van der Waals surface area contributed by atoms with Crippen molar-refractivity contribution in [2.75, 3.05) is 5.32 Å². The Morgan fingerprint density at radius 3 is 2.71 bits per heavy atom. The summed E-state index contributed by atoms with van der Waals surface area (Å²) in [6.45, 7) is 5.08. The van der Waals surface area contributed by atoms with E-state index in [9.17, 15) is 14.9 Å². The molecule has 0 saturated carbocycles. The molecule has 0 aliphatic rings. The fourth-order valence-corrected chi connectivity index (χ4v) is 2.42. The average Bonchev–Trinajstić information content (AvgIpc) is 2.81. The van der Waals surface area contributed by atoms with Crippen molar-refractivity contribution in [3.05, 3.63) is 51.3 Å². The highest BCUT2D eigenvalue weighted by Crippen LogP contribution is 2.23. The normalized spacial score (nSPS) is 11.6. The van der Waals surface area contributed by atoms with Crippen molar-refractivity contribution in [3.63, 3.8) is 0 Å². The van der Waals surface area contributed by atoms with E-state index in [4.69, 9.17) is 5.26 Å². The third kappa shape index (κ3) is 3.41. The van der Waals surface area contributed by atoms with Crippen LogP contribution in [0.1, 0.15) is 23.9 Å². The molecule has 0 saturated heterocycles. The summed E-state index contributed by atoms with van der Waals surface area (Å²) in [4.78, 5) is 22.9. The van der Waals surface area contributed by atoms with Crippen LogP contribution < -0.4 is 5.32 Å². The van der Waals surface area contributed by atoms with Gasteiger partial charge in [-0.2, -0.15) is 10.4 Å². The lowest BCUT2D eigenvalue weighted by atomic mass is 10.1. The predicted octanol–water partition coefficient (Wildman–Crippen LogP) is 2.55. The third-order valence-corrected chi connectivity index (χ3v) is 3.73. The van der Waals surface area contributed by atoms with Gasteiger partial charge in [0.2, 0.25) is 5.91 Å². The standard InChI is InChI=1S/C16H17N5O3/c1-10(9-20-12(3)15(21(23)24)11(2)19-20)16(22)18-14-7-5-4-6-13(14)8-17/h4-7,10H,9H2,1-3H3,(H,18,22). The second kappa shape index (κ2) is 6.91. The molecule has 1 unspecified atom stereocenters. The summed E-state index contributed by atoms with van der Waals surface area (Å²) in [5.74, 6) is -0.762. The summed E-state index contributed by atoms with van der Waals surface area (Å²) in [5, 5.41) is 26.9. The Hall–Kier alpha value is -3.21. The van der Waals surface area contributed by atoms with Gasteiger partial charge in [0, 0.05) is 0 Å². The first kappa shape index (κ1) is 17.1. The van der Waals surface area contributed by atoms with E-state index in [-0.39, 0.29) is 18.1 Å².